The number of fused-ring (bicyclic) bond motifs is 8. The third kappa shape index (κ3) is 6.01. The molecule has 1 aliphatic rings. The molecule has 0 saturated carbocycles. The molecule has 1 atom stereocenters. The highest BCUT2D eigenvalue weighted by atomic mass is 15.0. The van der Waals surface area contributed by atoms with Gasteiger partial charge in [-0.05, 0) is 83.2 Å². The van der Waals surface area contributed by atoms with Crippen molar-refractivity contribution in [2.45, 2.75) is 5.41 Å². The molecule has 294 valence electrons. The third-order valence-electron chi connectivity index (χ3n) is 12.8. The maximum absolute atomic E-state index is 5.08. The molecule has 11 aromatic rings. The van der Waals surface area contributed by atoms with Crippen LogP contribution in [0, 0.1) is 0 Å². The average molecular weight is 802 g/mol. The Labute approximate surface area is 366 Å². The predicted molar refractivity (Wildman–Crippen MR) is 259 cm³/mol. The largest absolute Gasteiger partial charge is 0.208 e. The van der Waals surface area contributed by atoms with E-state index in [1.165, 1.54) is 54.9 Å². The van der Waals surface area contributed by atoms with Crippen LogP contribution in [-0.2, 0) is 5.41 Å². The lowest BCUT2D eigenvalue weighted by atomic mass is 9.66. The van der Waals surface area contributed by atoms with Crippen molar-refractivity contribution in [1.29, 1.82) is 0 Å². The summed E-state index contributed by atoms with van der Waals surface area (Å²) in [5, 5.41) is 5.13. The topological polar surface area (TPSA) is 38.7 Å². The van der Waals surface area contributed by atoms with Gasteiger partial charge in [-0.3, -0.25) is 0 Å². The van der Waals surface area contributed by atoms with E-state index in [4.69, 9.17) is 15.0 Å². The summed E-state index contributed by atoms with van der Waals surface area (Å²) in [5.41, 5.74) is 14.6. The van der Waals surface area contributed by atoms with Gasteiger partial charge in [0, 0.05) is 16.7 Å². The molecular weight excluding hydrogens is 763 g/mol. The highest BCUT2D eigenvalue weighted by molar-refractivity contribution is 6.19. The molecule has 0 spiro atoms. The van der Waals surface area contributed by atoms with Gasteiger partial charge in [0.2, 0.25) is 0 Å². The minimum absolute atomic E-state index is 0.535. The van der Waals surface area contributed by atoms with E-state index >= 15 is 0 Å². The Bertz CT molecular complexity index is 3470. The lowest BCUT2D eigenvalue weighted by molar-refractivity contribution is 0.776. The summed E-state index contributed by atoms with van der Waals surface area (Å²) in [4.78, 5) is 15.1. The second-order valence-corrected chi connectivity index (χ2v) is 16.3. The highest BCUT2D eigenvalue weighted by Gasteiger charge is 2.47. The fourth-order valence-electron chi connectivity index (χ4n) is 9.97. The van der Waals surface area contributed by atoms with E-state index in [0.29, 0.717) is 17.5 Å². The number of hydrogen-bond acceptors (Lipinski definition) is 3. The van der Waals surface area contributed by atoms with Gasteiger partial charge in [-0.2, -0.15) is 0 Å². The Morgan fingerprint density at radius 2 is 0.683 bits per heavy atom. The monoisotopic (exact) mass is 801 g/mol. The standard InChI is InChI=1S/C60H39N3/c1-4-17-40(18-5-1)45-21-16-22-46(39-45)59-62-57(43-19-6-2-7-20-43)61-58(63-59)44-33-31-41(32-34-44)42-35-37-48(38-36-42)60(47-23-8-3-9-24-47)54-30-15-14-29-53(54)55-51-27-12-10-25-49(51)50-26-11-13-28-52(50)56(55)60/h1-39H. The summed E-state index contributed by atoms with van der Waals surface area (Å²) in [6, 6.07) is 84.9. The molecule has 0 saturated heterocycles. The molecule has 0 fully saturated rings. The Balaban J connectivity index is 0.966. The Hall–Kier alpha value is -8.27. The van der Waals surface area contributed by atoms with Gasteiger partial charge < -0.3 is 0 Å². The van der Waals surface area contributed by atoms with E-state index in [1.807, 2.05) is 36.4 Å². The van der Waals surface area contributed by atoms with Crippen LogP contribution in [0.1, 0.15) is 22.3 Å². The first kappa shape index (κ1) is 36.6. The summed E-state index contributed by atoms with van der Waals surface area (Å²) in [6.45, 7) is 0. The quantitative estimate of drug-likeness (QED) is 0.151. The van der Waals surface area contributed by atoms with E-state index in [0.717, 1.165) is 38.9 Å². The fourth-order valence-corrected chi connectivity index (χ4v) is 9.97. The normalized spacial score (nSPS) is 14.1. The highest BCUT2D eigenvalue weighted by Crippen LogP contribution is 2.60. The fraction of sp³-hybridized carbons (Fsp3) is 0.0167. The first-order valence-electron chi connectivity index (χ1n) is 21.5. The van der Waals surface area contributed by atoms with Crippen LogP contribution in [0.3, 0.4) is 0 Å². The zero-order valence-corrected chi connectivity index (χ0v) is 34.4. The van der Waals surface area contributed by atoms with Crippen LogP contribution in [0.2, 0.25) is 0 Å². The van der Waals surface area contributed by atoms with Crippen molar-refractivity contribution in [2.24, 2.45) is 0 Å². The maximum Gasteiger partial charge on any atom is 0.164 e. The van der Waals surface area contributed by atoms with Crippen LogP contribution < -0.4 is 0 Å². The van der Waals surface area contributed by atoms with Crippen LogP contribution in [0.15, 0.2) is 237 Å². The van der Waals surface area contributed by atoms with Gasteiger partial charge in [-0.15, -0.1) is 0 Å². The zero-order chi connectivity index (χ0) is 41.7. The lowest BCUT2D eigenvalue weighted by Crippen LogP contribution is -2.28. The van der Waals surface area contributed by atoms with Crippen LogP contribution in [0.5, 0.6) is 0 Å². The van der Waals surface area contributed by atoms with Crippen molar-refractivity contribution >= 4 is 21.5 Å². The average Bonchev–Trinajstić information content (AvgIpc) is 3.69. The summed E-state index contributed by atoms with van der Waals surface area (Å²) >= 11 is 0. The van der Waals surface area contributed by atoms with Crippen molar-refractivity contribution < 1.29 is 0 Å². The van der Waals surface area contributed by atoms with Gasteiger partial charge in [-0.1, -0.05) is 231 Å². The van der Waals surface area contributed by atoms with Gasteiger partial charge in [0.05, 0.1) is 5.41 Å². The molecule has 0 N–H and O–H groups in total. The van der Waals surface area contributed by atoms with E-state index < -0.39 is 5.41 Å². The molecule has 12 rings (SSSR count). The predicted octanol–water partition coefficient (Wildman–Crippen LogP) is 14.9. The van der Waals surface area contributed by atoms with E-state index in [1.54, 1.807) is 0 Å². The molecule has 63 heavy (non-hydrogen) atoms. The number of aromatic nitrogens is 3. The SMILES string of the molecule is c1ccc(-c2cccc(-c3nc(-c4ccccc4)nc(-c4ccc(-c5ccc(C6(c7ccccc7)c7ccccc7-c7c6c6ccccc6c6ccccc76)cc5)cc4)n3)c2)cc1. The van der Waals surface area contributed by atoms with Crippen molar-refractivity contribution in [3.8, 4) is 67.5 Å². The minimum Gasteiger partial charge on any atom is -0.208 e. The van der Waals surface area contributed by atoms with Crippen molar-refractivity contribution in [1.82, 2.24) is 15.0 Å². The molecule has 1 aromatic heterocycles. The molecule has 0 amide bonds. The van der Waals surface area contributed by atoms with Gasteiger partial charge >= 0.3 is 0 Å². The number of benzene rings is 10. The van der Waals surface area contributed by atoms with Gasteiger partial charge in [0.25, 0.3) is 0 Å². The first-order chi connectivity index (χ1) is 31.2. The molecule has 0 bridgehead atoms. The molecular formula is C60H39N3. The van der Waals surface area contributed by atoms with Crippen LogP contribution >= 0.6 is 0 Å². The number of nitrogens with zero attached hydrogens (tertiary/aromatic N) is 3. The second-order valence-electron chi connectivity index (χ2n) is 16.3. The molecule has 10 aromatic carbocycles. The van der Waals surface area contributed by atoms with E-state index in [2.05, 4.69) is 200 Å². The van der Waals surface area contributed by atoms with Crippen LogP contribution in [0.25, 0.3) is 89.1 Å². The Morgan fingerprint density at radius 1 is 0.270 bits per heavy atom. The summed E-state index contributed by atoms with van der Waals surface area (Å²) in [5.74, 6) is 1.91. The summed E-state index contributed by atoms with van der Waals surface area (Å²) < 4.78 is 0. The van der Waals surface area contributed by atoms with Gasteiger partial charge in [-0.25, -0.2) is 15.0 Å². The number of rotatable bonds is 7. The van der Waals surface area contributed by atoms with Crippen LogP contribution in [-0.4, -0.2) is 15.0 Å². The molecule has 1 heterocycles. The number of hydrogen-bond donors (Lipinski definition) is 0. The summed E-state index contributed by atoms with van der Waals surface area (Å²) in [6.07, 6.45) is 0. The molecule has 3 nitrogen and oxygen atoms in total. The zero-order valence-electron chi connectivity index (χ0n) is 34.4. The van der Waals surface area contributed by atoms with Crippen molar-refractivity contribution in [3.05, 3.63) is 259 Å². The lowest BCUT2D eigenvalue weighted by Gasteiger charge is -2.35. The molecule has 3 heteroatoms. The second kappa shape index (κ2) is 15.0. The van der Waals surface area contributed by atoms with E-state index in [9.17, 15) is 0 Å². The first-order valence-corrected chi connectivity index (χ1v) is 21.5. The van der Waals surface area contributed by atoms with Gasteiger partial charge in [0.1, 0.15) is 0 Å². The Morgan fingerprint density at radius 3 is 1.35 bits per heavy atom. The van der Waals surface area contributed by atoms with Crippen LogP contribution in [0.4, 0.5) is 0 Å². The Kier molecular flexibility index (Phi) is 8.72. The van der Waals surface area contributed by atoms with Gasteiger partial charge in [0.15, 0.2) is 17.5 Å². The molecule has 0 aliphatic heterocycles. The van der Waals surface area contributed by atoms with E-state index in [-0.39, 0.29) is 0 Å². The smallest absolute Gasteiger partial charge is 0.164 e. The maximum atomic E-state index is 5.08. The summed E-state index contributed by atoms with van der Waals surface area (Å²) in [7, 11) is 0. The third-order valence-corrected chi connectivity index (χ3v) is 12.8. The molecule has 1 unspecified atom stereocenters. The van der Waals surface area contributed by atoms with Crippen molar-refractivity contribution in [2.75, 3.05) is 0 Å². The minimum atomic E-state index is -0.535. The molecule has 0 radical (unpaired) electrons. The van der Waals surface area contributed by atoms with Crippen molar-refractivity contribution in [3.63, 3.8) is 0 Å². The molecule has 1 aliphatic carbocycles.